The van der Waals surface area contributed by atoms with Gasteiger partial charge in [0.2, 0.25) is 0 Å². The number of rotatable bonds is 5. The highest BCUT2D eigenvalue weighted by Gasteiger charge is 2.19. The van der Waals surface area contributed by atoms with Crippen LogP contribution in [0.1, 0.15) is 30.9 Å². The second kappa shape index (κ2) is 7.09. The second-order valence-electron chi connectivity index (χ2n) is 6.24. The van der Waals surface area contributed by atoms with Gasteiger partial charge in [0.05, 0.1) is 0 Å². The van der Waals surface area contributed by atoms with E-state index < -0.39 is 6.10 Å². The molecule has 1 aliphatic heterocycles. The molecule has 0 amide bonds. The van der Waals surface area contributed by atoms with Crippen LogP contribution < -0.4 is 4.74 Å². The summed E-state index contributed by atoms with van der Waals surface area (Å²) in [6.45, 7) is 9.69. The Hall–Kier alpha value is -1.06. The lowest BCUT2D eigenvalue weighted by Gasteiger charge is -2.32. The van der Waals surface area contributed by atoms with E-state index in [4.69, 9.17) is 4.74 Å². The van der Waals surface area contributed by atoms with Crippen molar-refractivity contribution >= 4 is 0 Å². The molecule has 1 saturated heterocycles. The number of likely N-dealkylation sites (tertiary alicyclic amines) is 1. The van der Waals surface area contributed by atoms with Gasteiger partial charge in [0, 0.05) is 13.1 Å². The van der Waals surface area contributed by atoms with E-state index in [1.807, 2.05) is 19.1 Å². The standard InChI is InChI=1S/C17H27NO2/c1-13-6-7-17(15(3)9-13)20-12-16(19)11-18-8-4-5-14(2)10-18/h6-7,9,14,16,19H,4-5,8,10-12H2,1-3H3. The lowest BCUT2D eigenvalue weighted by Crippen LogP contribution is -2.41. The number of piperidine rings is 1. The molecule has 1 aromatic carbocycles. The summed E-state index contributed by atoms with van der Waals surface area (Å²) in [5, 5.41) is 10.1. The molecule has 2 rings (SSSR count). The van der Waals surface area contributed by atoms with Crippen molar-refractivity contribution in [3.8, 4) is 5.75 Å². The van der Waals surface area contributed by atoms with E-state index in [0.717, 1.165) is 36.9 Å². The summed E-state index contributed by atoms with van der Waals surface area (Å²) < 4.78 is 5.75. The van der Waals surface area contributed by atoms with Crippen LogP contribution in [0.2, 0.25) is 0 Å². The van der Waals surface area contributed by atoms with Crippen LogP contribution in [0.5, 0.6) is 5.75 Å². The normalized spacial score (nSPS) is 21.7. The minimum atomic E-state index is -0.416. The number of ether oxygens (including phenoxy) is 1. The van der Waals surface area contributed by atoms with E-state index in [0.29, 0.717) is 6.61 Å². The average Bonchev–Trinajstić information content (AvgIpc) is 2.37. The minimum Gasteiger partial charge on any atom is -0.491 e. The summed E-state index contributed by atoms with van der Waals surface area (Å²) in [4.78, 5) is 2.35. The van der Waals surface area contributed by atoms with Crippen LogP contribution in [0.3, 0.4) is 0 Å². The molecule has 0 aromatic heterocycles. The molecule has 1 N–H and O–H groups in total. The Morgan fingerprint density at radius 2 is 2.20 bits per heavy atom. The Morgan fingerprint density at radius 1 is 1.40 bits per heavy atom. The molecular formula is C17H27NO2. The lowest BCUT2D eigenvalue weighted by atomic mass is 10.0. The maximum Gasteiger partial charge on any atom is 0.122 e. The Balaban J connectivity index is 1.78. The van der Waals surface area contributed by atoms with Crippen molar-refractivity contribution in [1.29, 1.82) is 0 Å². The van der Waals surface area contributed by atoms with Crippen molar-refractivity contribution in [2.45, 2.75) is 39.7 Å². The summed E-state index contributed by atoms with van der Waals surface area (Å²) >= 11 is 0. The molecule has 20 heavy (non-hydrogen) atoms. The van der Waals surface area contributed by atoms with Crippen molar-refractivity contribution in [1.82, 2.24) is 4.90 Å². The number of β-amino-alcohol motifs (C(OH)–C–C–N with tert-alkyl or cyclic N) is 1. The Kier molecular flexibility index (Phi) is 5.44. The SMILES string of the molecule is Cc1ccc(OCC(O)CN2CCCC(C)C2)c(C)c1. The number of aliphatic hydroxyl groups is 1. The summed E-state index contributed by atoms with van der Waals surface area (Å²) in [6, 6.07) is 6.13. The minimum absolute atomic E-state index is 0.370. The van der Waals surface area contributed by atoms with Crippen LogP contribution >= 0.6 is 0 Å². The van der Waals surface area contributed by atoms with Gasteiger partial charge in [-0.25, -0.2) is 0 Å². The third kappa shape index (κ3) is 4.50. The van der Waals surface area contributed by atoms with E-state index in [1.54, 1.807) is 0 Å². The van der Waals surface area contributed by atoms with Crippen LogP contribution in [0.4, 0.5) is 0 Å². The smallest absolute Gasteiger partial charge is 0.122 e. The van der Waals surface area contributed by atoms with Crippen molar-refractivity contribution in [3.05, 3.63) is 29.3 Å². The molecule has 2 atom stereocenters. The third-order valence-electron chi connectivity index (χ3n) is 3.97. The van der Waals surface area contributed by atoms with Gasteiger partial charge in [-0.1, -0.05) is 24.6 Å². The first-order chi connectivity index (χ1) is 9.54. The number of hydrogen-bond acceptors (Lipinski definition) is 3. The number of hydrogen-bond donors (Lipinski definition) is 1. The fraction of sp³-hybridized carbons (Fsp3) is 0.647. The summed E-state index contributed by atoms with van der Waals surface area (Å²) in [6.07, 6.45) is 2.14. The molecule has 3 heteroatoms. The molecular weight excluding hydrogens is 250 g/mol. The lowest BCUT2D eigenvalue weighted by molar-refractivity contribution is 0.0535. The predicted molar refractivity (Wildman–Crippen MR) is 82.3 cm³/mol. The zero-order valence-electron chi connectivity index (χ0n) is 12.9. The van der Waals surface area contributed by atoms with E-state index >= 15 is 0 Å². The summed E-state index contributed by atoms with van der Waals surface area (Å²) in [5.74, 6) is 1.62. The summed E-state index contributed by atoms with van der Waals surface area (Å²) in [5.41, 5.74) is 2.36. The van der Waals surface area contributed by atoms with Gasteiger partial charge in [0.1, 0.15) is 18.5 Å². The van der Waals surface area contributed by atoms with E-state index in [1.165, 1.54) is 18.4 Å². The molecule has 0 aliphatic carbocycles. The quantitative estimate of drug-likeness (QED) is 0.898. The molecule has 1 fully saturated rings. The first-order valence-corrected chi connectivity index (χ1v) is 7.65. The van der Waals surface area contributed by atoms with Crippen molar-refractivity contribution in [2.24, 2.45) is 5.92 Å². The predicted octanol–water partition coefficient (Wildman–Crippen LogP) is 2.78. The first-order valence-electron chi connectivity index (χ1n) is 7.65. The molecule has 0 bridgehead atoms. The Morgan fingerprint density at radius 3 is 2.90 bits per heavy atom. The fourth-order valence-corrected chi connectivity index (χ4v) is 2.95. The Labute approximate surface area is 122 Å². The highest BCUT2D eigenvalue weighted by atomic mass is 16.5. The molecule has 0 spiro atoms. The van der Waals surface area contributed by atoms with Gasteiger partial charge >= 0.3 is 0 Å². The maximum atomic E-state index is 10.1. The van der Waals surface area contributed by atoms with E-state index in [9.17, 15) is 5.11 Å². The Bertz CT molecular complexity index is 433. The van der Waals surface area contributed by atoms with E-state index in [2.05, 4.69) is 24.8 Å². The van der Waals surface area contributed by atoms with Crippen LogP contribution in [0.25, 0.3) is 0 Å². The monoisotopic (exact) mass is 277 g/mol. The molecule has 1 aliphatic rings. The van der Waals surface area contributed by atoms with Crippen molar-refractivity contribution < 1.29 is 9.84 Å². The van der Waals surface area contributed by atoms with Gasteiger partial charge < -0.3 is 14.7 Å². The highest BCUT2D eigenvalue weighted by Crippen LogP contribution is 2.19. The second-order valence-corrected chi connectivity index (χ2v) is 6.24. The van der Waals surface area contributed by atoms with Crippen LogP contribution in [0, 0.1) is 19.8 Å². The van der Waals surface area contributed by atoms with Crippen LogP contribution in [0.15, 0.2) is 18.2 Å². The highest BCUT2D eigenvalue weighted by molar-refractivity contribution is 5.35. The van der Waals surface area contributed by atoms with Gasteiger partial charge in [-0.2, -0.15) is 0 Å². The van der Waals surface area contributed by atoms with Crippen molar-refractivity contribution in [2.75, 3.05) is 26.2 Å². The van der Waals surface area contributed by atoms with Gasteiger partial charge in [-0.3, -0.25) is 0 Å². The van der Waals surface area contributed by atoms with Crippen LogP contribution in [-0.2, 0) is 0 Å². The maximum absolute atomic E-state index is 10.1. The van der Waals surface area contributed by atoms with Gasteiger partial charge in [-0.05, 0) is 50.8 Å². The molecule has 1 aromatic rings. The summed E-state index contributed by atoms with van der Waals surface area (Å²) in [7, 11) is 0. The largest absolute Gasteiger partial charge is 0.491 e. The van der Waals surface area contributed by atoms with Gasteiger partial charge in [0.25, 0.3) is 0 Å². The fourth-order valence-electron chi connectivity index (χ4n) is 2.95. The number of benzene rings is 1. The first kappa shape index (κ1) is 15.3. The molecule has 112 valence electrons. The van der Waals surface area contributed by atoms with Gasteiger partial charge in [-0.15, -0.1) is 0 Å². The zero-order chi connectivity index (χ0) is 14.5. The number of nitrogens with zero attached hydrogens (tertiary/aromatic N) is 1. The van der Waals surface area contributed by atoms with Crippen molar-refractivity contribution in [3.63, 3.8) is 0 Å². The molecule has 0 radical (unpaired) electrons. The number of aliphatic hydroxyl groups excluding tert-OH is 1. The number of aryl methyl sites for hydroxylation is 2. The zero-order valence-corrected chi connectivity index (χ0v) is 12.9. The molecule has 2 unspecified atom stereocenters. The molecule has 3 nitrogen and oxygen atoms in total. The molecule has 0 saturated carbocycles. The average molecular weight is 277 g/mol. The third-order valence-corrected chi connectivity index (χ3v) is 3.97. The van der Waals surface area contributed by atoms with E-state index in [-0.39, 0.29) is 0 Å². The molecule has 1 heterocycles. The van der Waals surface area contributed by atoms with Gasteiger partial charge in [0.15, 0.2) is 0 Å². The van der Waals surface area contributed by atoms with Crippen LogP contribution in [-0.4, -0.2) is 42.4 Å². The topological polar surface area (TPSA) is 32.7 Å².